The summed E-state index contributed by atoms with van der Waals surface area (Å²) in [7, 11) is 1.64. The summed E-state index contributed by atoms with van der Waals surface area (Å²) >= 11 is 0. The first-order chi connectivity index (χ1) is 10.3. The number of hydrogen-bond acceptors (Lipinski definition) is 4. The number of carbonyl (C=O) groups is 1. The van der Waals surface area contributed by atoms with E-state index in [2.05, 4.69) is 19.2 Å². The van der Waals surface area contributed by atoms with E-state index in [0.29, 0.717) is 25.7 Å². The van der Waals surface area contributed by atoms with Crippen LogP contribution in [0.4, 0.5) is 4.79 Å². The predicted molar refractivity (Wildman–Crippen MR) is 91.3 cm³/mol. The van der Waals surface area contributed by atoms with Gasteiger partial charge in [-0.15, -0.1) is 0 Å². The molecule has 0 bridgehead atoms. The van der Waals surface area contributed by atoms with Crippen LogP contribution in [0.5, 0.6) is 0 Å². The van der Waals surface area contributed by atoms with Gasteiger partial charge in [-0.3, -0.25) is 0 Å². The first-order valence-electron chi connectivity index (χ1n) is 8.50. The van der Waals surface area contributed by atoms with E-state index in [1.165, 1.54) is 25.7 Å². The van der Waals surface area contributed by atoms with Gasteiger partial charge in [0.15, 0.2) is 0 Å². The molecule has 1 amide bonds. The highest BCUT2D eigenvalue weighted by Crippen LogP contribution is 2.10. The fourth-order valence-corrected chi connectivity index (χ4v) is 2.07. The Morgan fingerprint density at radius 3 is 2.45 bits per heavy atom. The topological polar surface area (TPSA) is 50.8 Å². The van der Waals surface area contributed by atoms with Crippen LogP contribution in [0.25, 0.3) is 0 Å². The van der Waals surface area contributed by atoms with Crippen molar-refractivity contribution in [3.05, 3.63) is 0 Å². The van der Waals surface area contributed by atoms with Crippen molar-refractivity contribution >= 4 is 6.09 Å². The molecule has 0 aliphatic rings. The molecule has 0 aromatic rings. The van der Waals surface area contributed by atoms with Crippen LogP contribution in [0, 0.1) is 0 Å². The molecular formula is C17H36N2O3. The Bertz CT molecular complexity index is 290. The summed E-state index contributed by atoms with van der Waals surface area (Å²) in [5.74, 6) is 0. The maximum absolute atomic E-state index is 12.2. The minimum absolute atomic E-state index is 0.273. The summed E-state index contributed by atoms with van der Waals surface area (Å²) < 4.78 is 10.5. The Morgan fingerprint density at radius 2 is 1.91 bits per heavy atom. The normalized spacial score (nSPS) is 13.0. The second-order valence-corrected chi connectivity index (χ2v) is 6.81. The van der Waals surface area contributed by atoms with Crippen molar-refractivity contribution in [3.8, 4) is 0 Å². The van der Waals surface area contributed by atoms with Gasteiger partial charge in [-0.2, -0.15) is 0 Å². The zero-order valence-electron chi connectivity index (χ0n) is 15.4. The van der Waals surface area contributed by atoms with Gasteiger partial charge in [0, 0.05) is 32.8 Å². The van der Waals surface area contributed by atoms with Crippen LogP contribution in [0.1, 0.15) is 60.3 Å². The molecular weight excluding hydrogens is 280 g/mol. The van der Waals surface area contributed by atoms with Crippen LogP contribution in [0.2, 0.25) is 0 Å². The van der Waals surface area contributed by atoms with E-state index in [1.54, 1.807) is 12.0 Å². The second kappa shape index (κ2) is 11.7. The number of methoxy groups -OCH3 is 1. The fourth-order valence-electron chi connectivity index (χ4n) is 2.07. The summed E-state index contributed by atoms with van der Waals surface area (Å²) in [4.78, 5) is 13.9. The Hall–Kier alpha value is -0.810. The van der Waals surface area contributed by atoms with E-state index in [4.69, 9.17) is 9.47 Å². The maximum Gasteiger partial charge on any atom is 0.410 e. The average Bonchev–Trinajstić information content (AvgIpc) is 2.40. The van der Waals surface area contributed by atoms with Crippen LogP contribution < -0.4 is 5.32 Å². The summed E-state index contributed by atoms with van der Waals surface area (Å²) in [6, 6.07) is 0.481. The molecule has 0 aliphatic heterocycles. The van der Waals surface area contributed by atoms with Crippen molar-refractivity contribution in [2.75, 3.05) is 33.4 Å². The third-order valence-corrected chi connectivity index (χ3v) is 3.33. The molecule has 1 atom stereocenters. The summed E-state index contributed by atoms with van der Waals surface area (Å²) in [6.45, 7) is 12.5. The van der Waals surface area contributed by atoms with Gasteiger partial charge in [-0.1, -0.05) is 26.2 Å². The third-order valence-electron chi connectivity index (χ3n) is 3.33. The first kappa shape index (κ1) is 21.2. The van der Waals surface area contributed by atoms with E-state index < -0.39 is 5.60 Å². The lowest BCUT2D eigenvalue weighted by Crippen LogP contribution is -2.43. The molecule has 1 unspecified atom stereocenters. The van der Waals surface area contributed by atoms with Crippen molar-refractivity contribution in [2.45, 2.75) is 71.9 Å². The number of nitrogens with zero attached hydrogens (tertiary/aromatic N) is 1. The first-order valence-corrected chi connectivity index (χ1v) is 8.50. The summed E-state index contributed by atoms with van der Waals surface area (Å²) in [6.07, 6.45) is 4.69. The van der Waals surface area contributed by atoms with Gasteiger partial charge in [0.25, 0.3) is 0 Å². The highest BCUT2D eigenvalue weighted by molar-refractivity contribution is 5.68. The monoisotopic (exact) mass is 316 g/mol. The number of nitrogens with one attached hydrogen (secondary N) is 1. The quantitative estimate of drug-likeness (QED) is 0.593. The molecule has 5 heteroatoms. The minimum Gasteiger partial charge on any atom is -0.444 e. The van der Waals surface area contributed by atoms with Crippen molar-refractivity contribution in [3.63, 3.8) is 0 Å². The minimum atomic E-state index is -0.469. The smallest absolute Gasteiger partial charge is 0.410 e. The summed E-state index contributed by atoms with van der Waals surface area (Å²) in [5.41, 5.74) is -0.469. The molecule has 0 aliphatic carbocycles. The molecule has 0 rings (SSSR count). The van der Waals surface area contributed by atoms with Crippen LogP contribution in [0.15, 0.2) is 0 Å². The second-order valence-electron chi connectivity index (χ2n) is 6.81. The molecule has 5 nitrogen and oxygen atoms in total. The van der Waals surface area contributed by atoms with E-state index in [-0.39, 0.29) is 6.09 Å². The number of amides is 1. The van der Waals surface area contributed by atoms with Crippen LogP contribution in [-0.2, 0) is 9.47 Å². The van der Waals surface area contributed by atoms with Crippen molar-refractivity contribution in [1.82, 2.24) is 10.2 Å². The molecule has 0 aromatic heterocycles. The number of rotatable bonds is 11. The molecule has 1 N–H and O–H groups in total. The van der Waals surface area contributed by atoms with Crippen molar-refractivity contribution in [2.24, 2.45) is 0 Å². The molecule has 132 valence electrons. The van der Waals surface area contributed by atoms with Crippen LogP contribution in [-0.4, -0.2) is 56.0 Å². The standard InChI is InChI=1S/C17H36N2O3/c1-7-8-9-10-15(2)18-11-12-19(13-14-21-6)16(20)22-17(3,4)5/h15,18H,7-14H2,1-6H3. The maximum atomic E-state index is 12.2. The number of carbonyl (C=O) groups excluding carboxylic acids is 1. The SMILES string of the molecule is CCCCCC(C)NCCN(CCOC)C(=O)OC(C)(C)C. The van der Waals surface area contributed by atoms with Gasteiger partial charge in [-0.05, 0) is 34.1 Å². The molecule has 22 heavy (non-hydrogen) atoms. The summed E-state index contributed by atoms with van der Waals surface area (Å²) in [5, 5.41) is 3.48. The molecule has 0 aromatic carbocycles. The van der Waals surface area contributed by atoms with Crippen LogP contribution >= 0.6 is 0 Å². The zero-order chi connectivity index (χ0) is 17.0. The predicted octanol–water partition coefficient (Wildman–Crippen LogP) is 3.43. The zero-order valence-corrected chi connectivity index (χ0v) is 15.4. The molecule has 0 saturated heterocycles. The molecule has 0 saturated carbocycles. The Morgan fingerprint density at radius 1 is 1.23 bits per heavy atom. The lowest BCUT2D eigenvalue weighted by molar-refractivity contribution is 0.0203. The van der Waals surface area contributed by atoms with Crippen molar-refractivity contribution in [1.29, 1.82) is 0 Å². The Balaban J connectivity index is 4.16. The fraction of sp³-hybridized carbons (Fsp3) is 0.941. The lowest BCUT2D eigenvalue weighted by Gasteiger charge is -2.27. The molecule has 0 radical (unpaired) electrons. The molecule has 0 fully saturated rings. The van der Waals surface area contributed by atoms with E-state index in [0.717, 1.165) is 6.54 Å². The number of hydrogen-bond donors (Lipinski definition) is 1. The van der Waals surface area contributed by atoms with Crippen molar-refractivity contribution < 1.29 is 14.3 Å². The highest BCUT2D eigenvalue weighted by atomic mass is 16.6. The Kier molecular flexibility index (Phi) is 11.3. The number of ether oxygens (including phenoxy) is 2. The van der Waals surface area contributed by atoms with Gasteiger partial charge >= 0.3 is 6.09 Å². The number of unbranched alkanes of at least 4 members (excludes halogenated alkanes) is 2. The largest absolute Gasteiger partial charge is 0.444 e. The van der Waals surface area contributed by atoms with Gasteiger partial charge in [0.05, 0.1) is 6.61 Å². The van der Waals surface area contributed by atoms with Gasteiger partial charge in [-0.25, -0.2) is 4.79 Å². The Labute approximate surface area is 136 Å². The van der Waals surface area contributed by atoms with Gasteiger partial charge in [0.2, 0.25) is 0 Å². The van der Waals surface area contributed by atoms with Gasteiger partial charge < -0.3 is 19.7 Å². The average molecular weight is 316 g/mol. The van der Waals surface area contributed by atoms with Crippen LogP contribution in [0.3, 0.4) is 0 Å². The lowest BCUT2D eigenvalue weighted by atomic mass is 10.1. The molecule has 0 heterocycles. The highest BCUT2D eigenvalue weighted by Gasteiger charge is 2.21. The van der Waals surface area contributed by atoms with E-state index in [1.807, 2.05) is 20.8 Å². The molecule has 0 spiro atoms. The third kappa shape index (κ3) is 11.8. The van der Waals surface area contributed by atoms with Gasteiger partial charge in [0.1, 0.15) is 5.60 Å². The van der Waals surface area contributed by atoms with E-state index >= 15 is 0 Å². The van der Waals surface area contributed by atoms with E-state index in [9.17, 15) is 4.79 Å².